The lowest BCUT2D eigenvalue weighted by atomic mass is 10.2. The molecule has 4 nitrogen and oxygen atoms in total. The summed E-state index contributed by atoms with van der Waals surface area (Å²) in [7, 11) is 0. The summed E-state index contributed by atoms with van der Waals surface area (Å²) in [5.41, 5.74) is 1.16. The Morgan fingerprint density at radius 1 is 1.37 bits per heavy atom. The van der Waals surface area contributed by atoms with Crippen LogP contribution in [0.5, 0.6) is 0 Å². The zero-order valence-corrected chi connectivity index (χ0v) is 13.0. The van der Waals surface area contributed by atoms with Crippen molar-refractivity contribution in [1.82, 2.24) is 9.97 Å². The molecule has 1 aromatic rings. The quantitative estimate of drug-likeness (QED) is 0.811. The first-order valence-corrected chi connectivity index (χ1v) is 7.86. The Balaban J connectivity index is 2.24. The van der Waals surface area contributed by atoms with Gasteiger partial charge in [0.15, 0.2) is 0 Å². The van der Waals surface area contributed by atoms with E-state index in [4.69, 9.17) is 9.72 Å². The number of thioether (sulfide) groups is 1. The molecule has 0 aromatic carbocycles. The molecule has 2 heterocycles. The summed E-state index contributed by atoms with van der Waals surface area (Å²) in [5, 5.41) is 5.06. The highest BCUT2D eigenvalue weighted by Gasteiger charge is 2.23. The molecule has 0 amide bonds. The molecule has 1 saturated heterocycles. The smallest absolute Gasteiger partial charge is 0.134 e. The summed E-state index contributed by atoms with van der Waals surface area (Å²) in [4.78, 5) is 9.37. The van der Waals surface area contributed by atoms with Crippen LogP contribution in [0.15, 0.2) is 5.03 Å². The van der Waals surface area contributed by atoms with Crippen LogP contribution < -0.4 is 5.32 Å². The van der Waals surface area contributed by atoms with Crippen molar-refractivity contribution in [1.29, 1.82) is 0 Å². The number of rotatable bonds is 6. The van der Waals surface area contributed by atoms with Gasteiger partial charge < -0.3 is 10.1 Å². The van der Waals surface area contributed by atoms with E-state index >= 15 is 0 Å². The van der Waals surface area contributed by atoms with Gasteiger partial charge in [0, 0.05) is 18.0 Å². The molecule has 1 aromatic heterocycles. The highest BCUT2D eigenvalue weighted by Crippen LogP contribution is 2.32. The van der Waals surface area contributed by atoms with Crippen LogP contribution in [0.2, 0.25) is 0 Å². The summed E-state index contributed by atoms with van der Waals surface area (Å²) in [5.74, 6) is 2.26. The highest BCUT2D eigenvalue weighted by molar-refractivity contribution is 8.00. The molecular formula is C14H23N3OS. The molecule has 0 bridgehead atoms. The molecule has 1 aliphatic rings. The molecule has 0 aliphatic carbocycles. The maximum atomic E-state index is 5.24. The van der Waals surface area contributed by atoms with Gasteiger partial charge in [-0.3, -0.25) is 0 Å². The predicted molar refractivity (Wildman–Crippen MR) is 80.1 cm³/mol. The zero-order valence-electron chi connectivity index (χ0n) is 12.2. The minimum absolute atomic E-state index is 0.347. The van der Waals surface area contributed by atoms with Crippen molar-refractivity contribution in [3.8, 4) is 0 Å². The standard InChI is InChI=1S/C14H23N3OS/c1-5-6-15-13-10(4)14(19-11-7-18-8-11)17-12(16-13)9(2)3/h9,11H,5-8H2,1-4H3,(H,15,16,17). The van der Waals surface area contributed by atoms with E-state index in [1.54, 1.807) is 0 Å². The van der Waals surface area contributed by atoms with Crippen molar-refractivity contribution in [2.24, 2.45) is 0 Å². The minimum Gasteiger partial charge on any atom is -0.379 e. The van der Waals surface area contributed by atoms with Crippen LogP contribution in [0, 0.1) is 6.92 Å². The van der Waals surface area contributed by atoms with E-state index in [0.29, 0.717) is 11.2 Å². The van der Waals surface area contributed by atoms with E-state index in [2.05, 4.69) is 38.0 Å². The molecule has 1 N–H and O–H groups in total. The highest BCUT2D eigenvalue weighted by atomic mass is 32.2. The first-order chi connectivity index (χ1) is 9.11. The van der Waals surface area contributed by atoms with E-state index in [-0.39, 0.29) is 0 Å². The van der Waals surface area contributed by atoms with Crippen LogP contribution in [0.3, 0.4) is 0 Å². The van der Waals surface area contributed by atoms with Crippen molar-refractivity contribution in [2.45, 2.75) is 50.3 Å². The third kappa shape index (κ3) is 3.60. The summed E-state index contributed by atoms with van der Waals surface area (Å²) in [6.07, 6.45) is 1.10. The topological polar surface area (TPSA) is 47.0 Å². The molecule has 0 atom stereocenters. The Morgan fingerprint density at radius 2 is 2.11 bits per heavy atom. The fourth-order valence-electron chi connectivity index (χ4n) is 1.74. The Morgan fingerprint density at radius 3 is 2.63 bits per heavy atom. The Labute approximate surface area is 119 Å². The van der Waals surface area contributed by atoms with Crippen molar-refractivity contribution >= 4 is 17.6 Å². The van der Waals surface area contributed by atoms with Crippen molar-refractivity contribution < 1.29 is 4.74 Å². The molecule has 19 heavy (non-hydrogen) atoms. The lowest BCUT2D eigenvalue weighted by Gasteiger charge is -2.26. The summed E-state index contributed by atoms with van der Waals surface area (Å²) >= 11 is 1.82. The van der Waals surface area contributed by atoms with Gasteiger partial charge in [-0.15, -0.1) is 0 Å². The molecule has 0 unspecified atom stereocenters. The van der Waals surface area contributed by atoms with Gasteiger partial charge in [-0.05, 0) is 13.3 Å². The van der Waals surface area contributed by atoms with Gasteiger partial charge in [0.1, 0.15) is 16.7 Å². The van der Waals surface area contributed by atoms with Gasteiger partial charge in [0.2, 0.25) is 0 Å². The molecule has 0 spiro atoms. The average Bonchev–Trinajstić information content (AvgIpc) is 2.33. The number of hydrogen-bond acceptors (Lipinski definition) is 5. The lowest BCUT2D eigenvalue weighted by molar-refractivity contribution is 0.0454. The predicted octanol–water partition coefficient (Wildman–Crippen LogP) is 3.22. The van der Waals surface area contributed by atoms with Gasteiger partial charge in [0.05, 0.1) is 18.5 Å². The number of ether oxygens (including phenoxy) is 1. The number of nitrogens with one attached hydrogen (secondary N) is 1. The largest absolute Gasteiger partial charge is 0.379 e. The van der Waals surface area contributed by atoms with E-state index in [9.17, 15) is 0 Å². The van der Waals surface area contributed by atoms with Gasteiger partial charge in [-0.25, -0.2) is 9.97 Å². The van der Waals surface area contributed by atoms with Gasteiger partial charge in [-0.2, -0.15) is 0 Å². The Hall–Kier alpha value is -0.810. The summed E-state index contributed by atoms with van der Waals surface area (Å²) < 4.78 is 5.24. The zero-order chi connectivity index (χ0) is 13.8. The van der Waals surface area contributed by atoms with Crippen LogP contribution in [0.25, 0.3) is 0 Å². The first-order valence-electron chi connectivity index (χ1n) is 6.98. The molecule has 0 radical (unpaired) electrons. The van der Waals surface area contributed by atoms with Crippen molar-refractivity contribution in [3.05, 3.63) is 11.4 Å². The van der Waals surface area contributed by atoms with Crippen LogP contribution in [0.1, 0.15) is 44.5 Å². The number of hydrogen-bond donors (Lipinski definition) is 1. The van der Waals surface area contributed by atoms with E-state index in [1.165, 1.54) is 0 Å². The third-order valence-corrected chi connectivity index (χ3v) is 4.29. The SMILES string of the molecule is CCCNc1nc(C(C)C)nc(SC2COC2)c1C. The first kappa shape index (κ1) is 14.6. The van der Waals surface area contributed by atoms with E-state index < -0.39 is 0 Å². The van der Waals surface area contributed by atoms with Crippen LogP contribution in [-0.4, -0.2) is 35.0 Å². The summed E-state index contributed by atoms with van der Waals surface area (Å²) in [6.45, 7) is 11.2. The fourth-order valence-corrected chi connectivity index (χ4v) is 2.80. The maximum absolute atomic E-state index is 5.24. The molecule has 1 fully saturated rings. The van der Waals surface area contributed by atoms with Gasteiger partial charge >= 0.3 is 0 Å². The molecule has 1 aliphatic heterocycles. The second-order valence-corrected chi connectivity index (χ2v) is 6.51. The lowest BCUT2D eigenvalue weighted by Crippen LogP contribution is -2.30. The van der Waals surface area contributed by atoms with Crippen LogP contribution in [-0.2, 0) is 4.74 Å². The Kier molecular flexibility index (Phi) is 5.05. The third-order valence-electron chi connectivity index (χ3n) is 3.06. The molecular weight excluding hydrogens is 258 g/mol. The van der Waals surface area contributed by atoms with Gasteiger partial charge in [-0.1, -0.05) is 32.5 Å². The minimum atomic E-state index is 0.347. The van der Waals surface area contributed by atoms with Crippen molar-refractivity contribution in [2.75, 3.05) is 25.1 Å². The average molecular weight is 281 g/mol. The number of aromatic nitrogens is 2. The second-order valence-electron chi connectivity index (χ2n) is 5.22. The van der Waals surface area contributed by atoms with Crippen molar-refractivity contribution in [3.63, 3.8) is 0 Å². The second kappa shape index (κ2) is 6.57. The van der Waals surface area contributed by atoms with E-state index in [1.807, 2.05) is 11.8 Å². The van der Waals surface area contributed by atoms with E-state index in [0.717, 1.165) is 48.4 Å². The summed E-state index contributed by atoms with van der Waals surface area (Å²) in [6, 6.07) is 0. The van der Waals surface area contributed by atoms with Crippen LogP contribution in [0.4, 0.5) is 5.82 Å². The van der Waals surface area contributed by atoms with Crippen LogP contribution >= 0.6 is 11.8 Å². The molecule has 5 heteroatoms. The monoisotopic (exact) mass is 281 g/mol. The molecule has 106 valence electrons. The normalized spacial score (nSPS) is 15.6. The Bertz CT molecular complexity index is 433. The molecule has 2 rings (SSSR count). The molecule has 0 saturated carbocycles. The fraction of sp³-hybridized carbons (Fsp3) is 0.714. The number of anilines is 1. The number of nitrogens with zero attached hydrogens (tertiary/aromatic N) is 2. The maximum Gasteiger partial charge on any atom is 0.134 e. The van der Waals surface area contributed by atoms with Gasteiger partial charge in [0.25, 0.3) is 0 Å².